The van der Waals surface area contributed by atoms with Gasteiger partial charge in [-0.3, -0.25) is 4.79 Å². The fraction of sp³-hybridized carbons (Fsp3) is 0.458. The van der Waals surface area contributed by atoms with Gasteiger partial charge in [-0.05, 0) is 48.2 Å². The van der Waals surface area contributed by atoms with Gasteiger partial charge in [0, 0.05) is 39.5 Å². The van der Waals surface area contributed by atoms with Crippen LogP contribution in [0.25, 0.3) is 0 Å². The van der Waals surface area contributed by atoms with E-state index in [4.69, 9.17) is 14.2 Å². The minimum atomic E-state index is 0.0962. The third-order valence-electron chi connectivity index (χ3n) is 5.59. The Balaban J connectivity index is 1.47. The topological polar surface area (TPSA) is 51.2 Å². The van der Waals surface area contributed by atoms with E-state index in [2.05, 4.69) is 29.2 Å². The second-order valence-electron chi connectivity index (χ2n) is 8.12. The van der Waals surface area contributed by atoms with Crippen molar-refractivity contribution in [3.05, 3.63) is 53.6 Å². The molecule has 1 fully saturated rings. The van der Waals surface area contributed by atoms with Crippen molar-refractivity contribution < 1.29 is 19.0 Å². The van der Waals surface area contributed by atoms with Crippen LogP contribution in [0.15, 0.2) is 42.5 Å². The number of carbonyl (C=O) groups excluding carboxylic acids is 1. The summed E-state index contributed by atoms with van der Waals surface area (Å²) >= 11 is 0. The standard InChI is InChI=1S/C24H30N2O4/c1-25(2)20-8-5-18(6-9-20)16-26(17-21-4-3-11-28-21)24(27)15-19-7-10-22-23(14-19)30-13-12-29-22/h5-10,14,21H,3-4,11-13,15-17H2,1-2H3. The molecule has 1 saturated heterocycles. The fourth-order valence-electron chi connectivity index (χ4n) is 3.89. The maximum absolute atomic E-state index is 13.2. The summed E-state index contributed by atoms with van der Waals surface area (Å²) in [7, 11) is 4.05. The highest BCUT2D eigenvalue weighted by molar-refractivity contribution is 5.79. The van der Waals surface area contributed by atoms with E-state index in [-0.39, 0.29) is 12.0 Å². The number of hydrogen-bond acceptors (Lipinski definition) is 5. The number of carbonyl (C=O) groups is 1. The molecule has 2 aromatic carbocycles. The maximum Gasteiger partial charge on any atom is 0.227 e. The van der Waals surface area contributed by atoms with Gasteiger partial charge in [0.05, 0.1) is 12.5 Å². The molecule has 2 aliphatic heterocycles. The molecular weight excluding hydrogens is 380 g/mol. The summed E-state index contributed by atoms with van der Waals surface area (Å²) in [4.78, 5) is 17.2. The molecule has 2 aromatic rings. The van der Waals surface area contributed by atoms with Gasteiger partial charge in [0.25, 0.3) is 0 Å². The van der Waals surface area contributed by atoms with Crippen molar-refractivity contribution in [1.29, 1.82) is 0 Å². The van der Waals surface area contributed by atoms with Crippen LogP contribution in [-0.2, 0) is 22.5 Å². The van der Waals surface area contributed by atoms with Gasteiger partial charge in [-0.1, -0.05) is 18.2 Å². The van der Waals surface area contributed by atoms with Crippen LogP contribution in [0.3, 0.4) is 0 Å². The quantitative estimate of drug-likeness (QED) is 0.701. The minimum absolute atomic E-state index is 0.0962. The Bertz CT molecular complexity index is 860. The summed E-state index contributed by atoms with van der Waals surface area (Å²) in [6, 6.07) is 14.1. The fourth-order valence-corrected chi connectivity index (χ4v) is 3.89. The molecule has 1 unspecified atom stereocenters. The van der Waals surface area contributed by atoms with Crippen molar-refractivity contribution in [2.24, 2.45) is 0 Å². The van der Waals surface area contributed by atoms with Gasteiger partial charge in [0.15, 0.2) is 11.5 Å². The molecule has 0 bridgehead atoms. The van der Waals surface area contributed by atoms with Gasteiger partial charge in [-0.15, -0.1) is 0 Å². The number of anilines is 1. The average molecular weight is 411 g/mol. The van der Waals surface area contributed by atoms with Crippen LogP contribution >= 0.6 is 0 Å². The number of nitrogens with zero attached hydrogens (tertiary/aromatic N) is 2. The van der Waals surface area contributed by atoms with E-state index >= 15 is 0 Å². The monoisotopic (exact) mass is 410 g/mol. The summed E-state index contributed by atoms with van der Waals surface area (Å²) in [5.41, 5.74) is 3.20. The molecule has 30 heavy (non-hydrogen) atoms. The van der Waals surface area contributed by atoms with Crippen molar-refractivity contribution in [2.45, 2.75) is 31.9 Å². The predicted molar refractivity (Wildman–Crippen MR) is 116 cm³/mol. The molecule has 1 amide bonds. The van der Waals surface area contributed by atoms with Crippen molar-refractivity contribution in [1.82, 2.24) is 4.90 Å². The summed E-state index contributed by atoms with van der Waals surface area (Å²) in [6.07, 6.45) is 2.52. The lowest BCUT2D eigenvalue weighted by molar-refractivity contribution is -0.132. The Hall–Kier alpha value is -2.73. The van der Waals surface area contributed by atoms with Gasteiger partial charge in [0.2, 0.25) is 5.91 Å². The number of benzene rings is 2. The van der Waals surface area contributed by atoms with Crippen LogP contribution in [0.2, 0.25) is 0 Å². The zero-order valence-corrected chi connectivity index (χ0v) is 17.8. The van der Waals surface area contributed by atoms with Crippen molar-refractivity contribution >= 4 is 11.6 Å². The Kier molecular flexibility index (Phi) is 6.43. The van der Waals surface area contributed by atoms with Crippen LogP contribution in [0.5, 0.6) is 11.5 Å². The van der Waals surface area contributed by atoms with Crippen LogP contribution in [0, 0.1) is 0 Å². The summed E-state index contributed by atoms with van der Waals surface area (Å²) in [5.74, 6) is 1.56. The summed E-state index contributed by atoms with van der Waals surface area (Å²) < 4.78 is 17.1. The molecule has 0 aromatic heterocycles. The van der Waals surface area contributed by atoms with Crippen LogP contribution < -0.4 is 14.4 Å². The van der Waals surface area contributed by atoms with E-state index in [9.17, 15) is 4.79 Å². The number of fused-ring (bicyclic) bond motifs is 1. The molecule has 0 radical (unpaired) electrons. The van der Waals surface area contributed by atoms with Gasteiger partial charge < -0.3 is 24.0 Å². The van der Waals surface area contributed by atoms with E-state index in [0.717, 1.165) is 47.8 Å². The molecule has 0 spiro atoms. The molecule has 0 N–H and O–H groups in total. The largest absolute Gasteiger partial charge is 0.486 e. The molecule has 4 rings (SSSR count). The number of ether oxygens (including phenoxy) is 3. The number of rotatable bonds is 7. The number of hydrogen-bond donors (Lipinski definition) is 0. The Morgan fingerprint density at radius 1 is 0.967 bits per heavy atom. The van der Waals surface area contributed by atoms with E-state index in [1.165, 1.54) is 0 Å². The lowest BCUT2D eigenvalue weighted by Crippen LogP contribution is -2.37. The molecule has 6 nitrogen and oxygen atoms in total. The predicted octanol–water partition coefficient (Wildman–Crippen LogP) is 3.27. The lowest BCUT2D eigenvalue weighted by atomic mass is 10.1. The highest BCUT2D eigenvalue weighted by atomic mass is 16.6. The minimum Gasteiger partial charge on any atom is -0.486 e. The van der Waals surface area contributed by atoms with E-state index in [1.807, 2.05) is 37.2 Å². The first-order chi connectivity index (χ1) is 14.6. The van der Waals surface area contributed by atoms with E-state index in [1.54, 1.807) is 0 Å². The van der Waals surface area contributed by atoms with Crippen LogP contribution in [-0.4, -0.2) is 57.4 Å². The van der Waals surface area contributed by atoms with Gasteiger partial charge in [0.1, 0.15) is 13.2 Å². The molecule has 0 saturated carbocycles. The highest BCUT2D eigenvalue weighted by Gasteiger charge is 2.23. The Morgan fingerprint density at radius 3 is 2.40 bits per heavy atom. The lowest BCUT2D eigenvalue weighted by Gasteiger charge is -2.26. The van der Waals surface area contributed by atoms with Gasteiger partial charge in [-0.25, -0.2) is 0 Å². The first-order valence-corrected chi connectivity index (χ1v) is 10.6. The van der Waals surface area contributed by atoms with E-state index < -0.39 is 0 Å². The van der Waals surface area contributed by atoms with Gasteiger partial charge >= 0.3 is 0 Å². The third kappa shape index (κ3) is 5.05. The van der Waals surface area contributed by atoms with Crippen molar-refractivity contribution in [2.75, 3.05) is 45.4 Å². The third-order valence-corrected chi connectivity index (χ3v) is 5.59. The molecule has 160 valence electrons. The van der Waals surface area contributed by atoms with Crippen LogP contribution in [0.4, 0.5) is 5.69 Å². The van der Waals surface area contributed by atoms with Gasteiger partial charge in [-0.2, -0.15) is 0 Å². The average Bonchev–Trinajstić information content (AvgIpc) is 3.27. The normalized spacial score (nSPS) is 17.6. The van der Waals surface area contributed by atoms with Crippen molar-refractivity contribution in [3.8, 4) is 11.5 Å². The molecule has 2 heterocycles. The summed E-state index contributed by atoms with van der Waals surface area (Å²) in [6.45, 7) is 3.09. The molecule has 0 aliphatic carbocycles. The SMILES string of the molecule is CN(C)c1ccc(CN(CC2CCCO2)C(=O)Cc2ccc3c(c2)OCCO3)cc1. The summed E-state index contributed by atoms with van der Waals surface area (Å²) in [5, 5.41) is 0. The van der Waals surface area contributed by atoms with E-state index in [0.29, 0.717) is 32.7 Å². The second-order valence-corrected chi connectivity index (χ2v) is 8.12. The Morgan fingerprint density at radius 2 is 1.70 bits per heavy atom. The zero-order chi connectivity index (χ0) is 20.9. The van der Waals surface area contributed by atoms with Crippen molar-refractivity contribution in [3.63, 3.8) is 0 Å². The first-order valence-electron chi connectivity index (χ1n) is 10.6. The molecule has 6 heteroatoms. The molecule has 1 atom stereocenters. The second kappa shape index (κ2) is 9.39. The number of amides is 1. The highest BCUT2D eigenvalue weighted by Crippen LogP contribution is 2.31. The maximum atomic E-state index is 13.2. The molecule has 2 aliphatic rings. The Labute approximate surface area is 178 Å². The zero-order valence-electron chi connectivity index (χ0n) is 17.8. The molecular formula is C24H30N2O4. The van der Waals surface area contributed by atoms with Crippen LogP contribution in [0.1, 0.15) is 24.0 Å². The first kappa shape index (κ1) is 20.5. The smallest absolute Gasteiger partial charge is 0.227 e.